The lowest BCUT2D eigenvalue weighted by atomic mass is 10.2. The molecule has 8 heteroatoms. The number of nitrogens with two attached hydrogens (primary N) is 1. The average Bonchev–Trinajstić information content (AvgIpc) is 2.30. The van der Waals surface area contributed by atoms with Gasteiger partial charge in [-0.15, -0.1) is 0 Å². The summed E-state index contributed by atoms with van der Waals surface area (Å²) in [6, 6.07) is 2.05. The lowest BCUT2D eigenvalue weighted by molar-refractivity contribution is 0.0794. The van der Waals surface area contributed by atoms with Gasteiger partial charge >= 0.3 is 0 Å². The molecular weight excluding hydrogens is 339 g/mol. The highest BCUT2D eigenvalue weighted by atomic mass is 79.9. The normalized spacial score (nSPS) is 11.4. The van der Waals surface area contributed by atoms with Crippen molar-refractivity contribution in [2.45, 2.75) is 18.2 Å². The number of carbonyl (C=O) groups excluding carboxylic acids is 1. The second kappa shape index (κ2) is 5.98. The Morgan fingerprint density at radius 2 is 2.05 bits per heavy atom. The Hall–Kier alpha value is -0.990. The van der Waals surface area contributed by atoms with Crippen molar-refractivity contribution in [3.8, 4) is 0 Å². The van der Waals surface area contributed by atoms with Gasteiger partial charge in [0.15, 0.2) is 0 Å². The highest BCUT2D eigenvalue weighted by Gasteiger charge is 2.21. The van der Waals surface area contributed by atoms with Crippen molar-refractivity contribution in [1.29, 1.82) is 0 Å². The number of rotatable bonds is 4. The fraction of sp³-hybridized carbons (Fsp3) is 0.364. The van der Waals surface area contributed by atoms with Gasteiger partial charge in [0.1, 0.15) is 5.82 Å². The van der Waals surface area contributed by atoms with Crippen LogP contribution in [0.5, 0.6) is 0 Å². The molecule has 1 rings (SSSR count). The van der Waals surface area contributed by atoms with E-state index in [1.165, 1.54) is 4.90 Å². The fourth-order valence-electron chi connectivity index (χ4n) is 1.55. The van der Waals surface area contributed by atoms with Gasteiger partial charge in [0, 0.05) is 19.2 Å². The van der Waals surface area contributed by atoms with Crippen LogP contribution in [0.25, 0.3) is 0 Å². The van der Waals surface area contributed by atoms with E-state index in [-0.39, 0.29) is 10.0 Å². The lowest BCUT2D eigenvalue weighted by Crippen LogP contribution is -2.28. The number of hydrogen-bond donors (Lipinski definition) is 1. The minimum atomic E-state index is -4.11. The molecule has 0 aliphatic heterocycles. The van der Waals surface area contributed by atoms with Gasteiger partial charge in [-0.25, -0.2) is 17.9 Å². The summed E-state index contributed by atoms with van der Waals surface area (Å²) in [6.07, 6.45) is 0.739. The molecule has 0 radical (unpaired) electrons. The summed E-state index contributed by atoms with van der Waals surface area (Å²) in [4.78, 5) is 12.9. The molecule has 0 fully saturated rings. The van der Waals surface area contributed by atoms with Crippen LogP contribution in [-0.4, -0.2) is 32.8 Å². The third-order valence-electron chi connectivity index (χ3n) is 2.45. The zero-order chi connectivity index (χ0) is 14.8. The van der Waals surface area contributed by atoms with E-state index in [1.807, 2.05) is 6.92 Å². The van der Waals surface area contributed by atoms with Crippen molar-refractivity contribution in [3.63, 3.8) is 0 Å². The summed E-state index contributed by atoms with van der Waals surface area (Å²) >= 11 is 2.81. The molecule has 0 aliphatic carbocycles. The monoisotopic (exact) mass is 352 g/mol. The molecule has 0 saturated carbocycles. The molecule has 1 amide bonds. The van der Waals surface area contributed by atoms with Crippen LogP contribution >= 0.6 is 15.9 Å². The van der Waals surface area contributed by atoms with E-state index in [0.29, 0.717) is 6.54 Å². The third-order valence-corrected chi connectivity index (χ3v) is 4.46. The van der Waals surface area contributed by atoms with Gasteiger partial charge in [-0.3, -0.25) is 4.79 Å². The number of sulfonamides is 1. The summed E-state index contributed by atoms with van der Waals surface area (Å²) in [5, 5.41) is 4.98. The van der Waals surface area contributed by atoms with Gasteiger partial charge in [0.2, 0.25) is 10.0 Å². The van der Waals surface area contributed by atoms with Crippen molar-refractivity contribution in [2.75, 3.05) is 13.6 Å². The number of halogens is 2. The quantitative estimate of drug-likeness (QED) is 0.895. The predicted octanol–water partition coefficient (Wildman–Crippen LogP) is 1.72. The molecule has 0 atom stereocenters. The molecule has 19 heavy (non-hydrogen) atoms. The molecule has 2 N–H and O–H groups in total. The number of benzene rings is 1. The van der Waals surface area contributed by atoms with Crippen molar-refractivity contribution >= 4 is 31.9 Å². The molecule has 0 aliphatic rings. The maximum Gasteiger partial charge on any atom is 0.253 e. The van der Waals surface area contributed by atoms with Crippen LogP contribution in [0.2, 0.25) is 0 Å². The van der Waals surface area contributed by atoms with E-state index in [1.54, 1.807) is 7.05 Å². The number of amides is 1. The number of hydrogen-bond acceptors (Lipinski definition) is 3. The highest BCUT2D eigenvalue weighted by Crippen LogP contribution is 2.26. The number of nitrogens with zero attached hydrogens (tertiary/aromatic N) is 1. The Bertz CT molecular complexity index is 604. The van der Waals surface area contributed by atoms with E-state index in [0.717, 1.165) is 18.6 Å². The Labute approximate surface area is 119 Å². The third kappa shape index (κ3) is 3.74. The number of carbonyl (C=O) groups is 1. The first-order valence-electron chi connectivity index (χ1n) is 5.45. The van der Waals surface area contributed by atoms with Crippen molar-refractivity contribution in [3.05, 3.63) is 28.0 Å². The molecule has 1 aromatic rings. The fourth-order valence-corrected chi connectivity index (χ4v) is 3.10. The van der Waals surface area contributed by atoms with Crippen LogP contribution in [0, 0.1) is 5.82 Å². The molecule has 0 heterocycles. The largest absolute Gasteiger partial charge is 0.342 e. The minimum Gasteiger partial charge on any atom is -0.342 e. The summed E-state index contributed by atoms with van der Waals surface area (Å²) in [6.45, 7) is 2.38. The van der Waals surface area contributed by atoms with E-state index in [2.05, 4.69) is 15.9 Å². The van der Waals surface area contributed by atoms with Gasteiger partial charge in [-0.1, -0.05) is 6.92 Å². The first-order chi connectivity index (χ1) is 8.68. The maximum absolute atomic E-state index is 13.6. The van der Waals surface area contributed by atoms with Crippen molar-refractivity contribution in [1.82, 2.24) is 4.90 Å². The van der Waals surface area contributed by atoms with Crippen LogP contribution in [-0.2, 0) is 10.0 Å². The minimum absolute atomic E-state index is 0.0549. The predicted molar refractivity (Wildman–Crippen MR) is 72.7 cm³/mol. The van der Waals surface area contributed by atoms with Crippen LogP contribution in [0.4, 0.5) is 4.39 Å². The summed E-state index contributed by atoms with van der Waals surface area (Å²) < 4.78 is 36.0. The van der Waals surface area contributed by atoms with Crippen LogP contribution in [0.1, 0.15) is 23.7 Å². The Morgan fingerprint density at radius 1 is 1.47 bits per heavy atom. The van der Waals surface area contributed by atoms with Gasteiger partial charge in [0.05, 0.1) is 9.37 Å². The van der Waals surface area contributed by atoms with E-state index in [4.69, 9.17) is 5.14 Å². The Balaban J connectivity index is 3.33. The standard InChI is InChI=1S/C11H14BrFN2O3S/c1-3-4-15(2)11(16)7-5-8(13)10(12)9(6-7)19(14,17)18/h5-6H,3-4H2,1-2H3,(H2,14,17,18). The molecule has 0 unspecified atom stereocenters. The summed E-state index contributed by atoms with van der Waals surface area (Å²) in [5.74, 6) is -1.31. The molecular formula is C11H14BrFN2O3S. The van der Waals surface area contributed by atoms with Gasteiger partial charge < -0.3 is 4.90 Å². The SMILES string of the molecule is CCCN(C)C(=O)c1cc(F)c(Br)c(S(N)(=O)=O)c1. The molecule has 5 nitrogen and oxygen atoms in total. The van der Waals surface area contributed by atoms with Crippen LogP contribution in [0.15, 0.2) is 21.5 Å². The highest BCUT2D eigenvalue weighted by molar-refractivity contribution is 9.10. The van der Waals surface area contributed by atoms with Crippen molar-refractivity contribution in [2.24, 2.45) is 5.14 Å². The maximum atomic E-state index is 13.6. The Kier molecular flexibility index (Phi) is 5.05. The first-order valence-corrected chi connectivity index (χ1v) is 7.79. The van der Waals surface area contributed by atoms with Crippen molar-refractivity contribution < 1.29 is 17.6 Å². The number of primary sulfonamides is 1. The van der Waals surface area contributed by atoms with Gasteiger partial charge in [-0.2, -0.15) is 0 Å². The molecule has 106 valence electrons. The zero-order valence-electron chi connectivity index (χ0n) is 10.5. The Morgan fingerprint density at radius 3 is 2.53 bits per heavy atom. The molecule has 0 spiro atoms. The smallest absolute Gasteiger partial charge is 0.253 e. The summed E-state index contributed by atoms with van der Waals surface area (Å²) in [5.41, 5.74) is -0.0549. The van der Waals surface area contributed by atoms with E-state index >= 15 is 0 Å². The zero-order valence-corrected chi connectivity index (χ0v) is 12.9. The topological polar surface area (TPSA) is 80.5 Å². The average molecular weight is 353 g/mol. The van der Waals surface area contributed by atoms with E-state index < -0.39 is 26.6 Å². The van der Waals surface area contributed by atoms with Gasteiger partial charge in [0.25, 0.3) is 5.91 Å². The second-order valence-electron chi connectivity index (χ2n) is 4.04. The van der Waals surface area contributed by atoms with Crippen LogP contribution < -0.4 is 5.14 Å². The second-order valence-corrected chi connectivity index (χ2v) is 6.36. The lowest BCUT2D eigenvalue weighted by Gasteiger charge is -2.17. The molecule has 1 aromatic carbocycles. The summed E-state index contributed by atoms with van der Waals surface area (Å²) in [7, 11) is -2.55. The molecule has 0 aromatic heterocycles. The van der Waals surface area contributed by atoms with Crippen LogP contribution in [0.3, 0.4) is 0 Å². The van der Waals surface area contributed by atoms with E-state index in [9.17, 15) is 17.6 Å². The first kappa shape index (κ1) is 16.1. The van der Waals surface area contributed by atoms with Gasteiger partial charge in [-0.05, 0) is 34.5 Å². The molecule has 0 bridgehead atoms. The molecule has 0 saturated heterocycles.